The van der Waals surface area contributed by atoms with Crippen LogP contribution in [-0.4, -0.2) is 55.8 Å². The molecule has 2 heterocycles. The SMILES string of the molecule is c1ccc2c(CCCNSc3ccc(OCCCN4CCNCC4)cc3)c[nH]c2c1. The van der Waals surface area contributed by atoms with E-state index < -0.39 is 0 Å². The second-order valence-corrected chi connectivity index (χ2v) is 8.69. The van der Waals surface area contributed by atoms with Gasteiger partial charge in [-0.15, -0.1) is 0 Å². The molecule has 5 nitrogen and oxygen atoms in total. The van der Waals surface area contributed by atoms with Gasteiger partial charge in [0.2, 0.25) is 0 Å². The lowest BCUT2D eigenvalue weighted by Crippen LogP contribution is -2.43. The summed E-state index contributed by atoms with van der Waals surface area (Å²) in [5, 5.41) is 4.73. The number of hydrogen-bond acceptors (Lipinski definition) is 5. The van der Waals surface area contributed by atoms with Crippen LogP contribution in [-0.2, 0) is 6.42 Å². The Morgan fingerprint density at radius 1 is 1.00 bits per heavy atom. The van der Waals surface area contributed by atoms with Crippen molar-refractivity contribution in [1.29, 1.82) is 0 Å². The van der Waals surface area contributed by atoms with Crippen LogP contribution in [0.5, 0.6) is 5.75 Å². The summed E-state index contributed by atoms with van der Waals surface area (Å²) < 4.78 is 9.37. The Kier molecular flexibility index (Phi) is 8.09. The number of rotatable bonds is 11. The molecule has 0 amide bonds. The zero-order valence-corrected chi connectivity index (χ0v) is 18.3. The van der Waals surface area contributed by atoms with E-state index in [0.29, 0.717) is 0 Å². The summed E-state index contributed by atoms with van der Waals surface area (Å²) in [4.78, 5) is 7.07. The smallest absolute Gasteiger partial charge is 0.119 e. The van der Waals surface area contributed by atoms with Gasteiger partial charge in [-0.1, -0.05) is 18.2 Å². The number of hydrogen-bond donors (Lipinski definition) is 3. The third kappa shape index (κ3) is 6.25. The summed E-state index contributed by atoms with van der Waals surface area (Å²) in [6.45, 7) is 7.41. The number of piperazine rings is 1. The van der Waals surface area contributed by atoms with E-state index in [1.54, 1.807) is 11.9 Å². The fraction of sp³-hybridized carbons (Fsp3) is 0.417. The van der Waals surface area contributed by atoms with Crippen LogP contribution in [0.3, 0.4) is 0 Å². The Labute approximate surface area is 183 Å². The first-order valence-electron chi connectivity index (χ1n) is 11.0. The Morgan fingerprint density at radius 3 is 2.70 bits per heavy atom. The minimum Gasteiger partial charge on any atom is -0.494 e. The van der Waals surface area contributed by atoms with Crippen LogP contribution in [0.2, 0.25) is 0 Å². The van der Waals surface area contributed by atoms with E-state index in [0.717, 1.165) is 70.9 Å². The summed E-state index contributed by atoms with van der Waals surface area (Å²) in [7, 11) is 0. The van der Waals surface area contributed by atoms with Gasteiger partial charge in [0.05, 0.1) is 6.61 Å². The molecule has 160 valence electrons. The van der Waals surface area contributed by atoms with E-state index in [2.05, 4.69) is 74.7 Å². The van der Waals surface area contributed by atoms with Crippen molar-refractivity contribution in [1.82, 2.24) is 19.9 Å². The second kappa shape index (κ2) is 11.4. The molecule has 4 rings (SSSR count). The van der Waals surface area contributed by atoms with Crippen molar-refractivity contribution in [2.24, 2.45) is 0 Å². The molecule has 2 aromatic carbocycles. The van der Waals surface area contributed by atoms with E-state index >= 15 is 0 Å². The maximum Gasteiger partial charge on any atom is 0.119 e. The molecule has 1 fully saturated rings. The van der Waals surface area contributed by atoms with Crippen LogP contribution in [0.4, 0.5) is 0 Å². The molecule has 0 bridgehead atoms. The first-order chi connectivity index (χ1) is 14.9. The molecule has 1 aromatic heterocycles. The van der Waals surface area contributed by atoms with Crippen LogP contribution in [0.25, 0.3) is 10.9 Å². The highest BCUT2D eigenvalue weighted by Crippen LogP contribution is 2.21. The fourth-order valence-electron chi connectivity index (χ4n) is 3.84. The van der Waals surface area contributed by atoms with E-state index in [9.17, 15) is 0 Å². The second-order valence-electron chi connectivity index (χ2n) is 7.72. The molecule has 1 aliphatic heterocycles. The quantitative estimate of drug-likeness (QED) is 0.320. The van der Waals surface area contributed by atoms with Crippen molar-refractivity contribution in [2.45, 2.75) is 24.2 Å². The lowest BCUT2D eigenvalue weighted by Gasteiger charge is -2.26. The number of H-pyrrole nitrogens is 1. The first-order valence-corrected chi connectivity index (χ1v) is 11.8. The standard InChI is InChI=1S/C24H32N4OS/c1-2-7-24-23(6-1)20(19-26-24)5-3-12-27-30-22-10-8-21(9-11-22)29-18-4-15-28-16-13-25-14-17-28/h1-2,6-11,19,25-27H,3-5,12-18H2. The number of aromatic nitrogens is 1. The Balaban J connectivity index is 1.09. The predicted molar refractivity (Wildman–Crippen MR) is 126 cm³/mol. The number of nitrogens with zero attached hydrogens (tertiary/aromatic N) is 1. The van der Waals surface area contributed by atoms with Gasteiger partial charge in [0.15, 0.2) is 0 Å². The van der Waals surface area contributed by atoms with Crippen LogP contribution in [0.15, 0.2) is 59.6 Å². The summed E-state index contributed by atoms with van der Waals surface area (Å²) in [5.74, 6) is 0.957. The van der Waals surface area contributed by atoms with Gasteiger partial charge in [-0.05, 0) is 67.1 Å². The molecule has 0 unspecified atom stereocenters. The molecule has 30 heavy (non-hydrogen) atoms. The van der Waals surface area contributed by atoms with Crippen molar-refractivity contribution in [2.75, 3.05) is 45.9 Å². The molecule has 1 saturated heterocycles. The van der Waals surface area contributed by atoms with Crippen molar-refractivity contribution in [3.8, 4) is 5.75 Å². The van der Waals surface area contributed by atoms with Gasteiger partial charge < -0.3 is 19.9 Å². The maximum atomic E-state index is 5.90. The Bertz CT molecular complexity index is 890. The van der Waals surface area contributed by atoms with Gasteiger partial charge in [0.1, 0.15) is 5.75 Å². The summed E-state index contributed by atoms with van der Waals surface area (Å²) >= 11 is 1.69. The monoisotopic (exact) mass is 424 g/mol. The van der Waals surface area contributed by atoms with Crippen LogP contribution >= 0.6 is 11.9 Å². The van der Waals surface area contributed by atoms with Crippen molar-refractivity contribution in [3.63, 3.8) is 0 Å². The van der Waals surface area contributed by atoms with Crippen molar-refractivity contribution >= 4 is 22.9 Å². The molecule has 1 aliphatic rings. The number of ether oxygens (including phenoxy) is 1. The zero-order chi connectivity index (χ0) is 20.4. The van der Waals surface area contributed by atoms with E-state index in [4.69, 9.17) is 4.74 Å². The van der Waals surface area contributed by atoms with E-state index in [-0.39, 0.29) is 0 Å². The van der Waals surface area contributed by atoms with Crippen LogP contribution in [0, 0.1) is 0 Å². The molecule has 0 radical (unpaired) electrons. The van der Waals surface area contributed by atoms with Crippen LogP contribution in [0.1, 0.15) is 18.4 Å². The van der Waals surface area contributed by atoms with Gasteiger partial charge in [-0.3, -0.25) is 4.72 Å². The summed E-state index contributed by atoms with van der Waals surface area (Å²) in [6.07, 6.45) is 5.41. The van der Waals surface area contributed by atoms with Gasteiger partial charge in [-0.25, -0.2) is 0 Å². The molecule has 6 heteroatoms. The third-order valence-electron chi connectivity index (χ3n) is 5.51. The minimum atomic E-state index is 0.780. The van der Waals surface area contributed by atoms with E-state index in [1.165, 1.54) is 21.4 Å². The molecular formula is C24H32N4OS. The molecule has 3 N–H and O–H groups in total. The van der Waals surface area contributed by atoms with Crippen molar-refractivity contribution in [3.05, 3.63) is 60.3 Å². The summed E-state index contributed by atoms with van der Waals surface area (Å²) in [5.41, 5.74) is 2.62. The molecular weight excluding hydrogens is 392 g/mol. The predicted octanol–water partition coefficient (Wildman–Crippen LogP) is 4.07. The van der Waals surface area contributed by atoms with Gasteiger partial charge in [-0.2, -0.15) is 0 Å². The average Bonchev–Trinajstić information content (AvgIpc) is 3.21. The van der Waals surface area contributed by atoms with Crippen molar-refractivity contribution < 1.29 is 4.74 Å². The minimum absolute atomic E-state index is 0.780. The number of benzene rings is 2. The molecule has 0 spiro atoms. The topological polar surface area (TPSA) is 52.3 Å². The van der Waals surface area contributed by atoms with Gasteiger partial charge in [0, 0.05) is 61.3 Å². The lowest BCUT2D eigenvalue weighted by atomic mass is 10.1. The first kappa shape index (κ1) is 21.2. The van der Waals surface area contributed by atoms with Gasteiger partial charge in [0.25, 0.3) is 0 Å². The number of para-hydroxylation sites is 1. The number of aromatic amines is 1. The fourth-order valence-corrected chi connectivity index (χ4v) is 4.53. The molecule has 0 aliphatic carbocycles. The largest absolute Gasteiger partial charge is 0.494 e. The highest BCUT2D eigenvalue weighted by molar-refractivity contribution is 7.97. The Hall–Kier alpha value is -1.99. The van der Waals surface area contributed by atoms with Crippen LogP contribution < -0.4 is 14.8 Å². The molecule has 3 aromatic rings. The number of nitrogens with one attached hydrogen (secondary N) is 3. The Morgan fingerprint density at radius 2 is 1.83 bits per heavy atom. The lowest BCUT2D eigenvalue weighted by molar-refractivity contribution is 0.214. The summed E-state index contributed by atoms with van der Waals surface area (Å²) in [6, 6.07) is 16.9. The highest BCUT2D eigenvalue weighted by atomic mass is 32.2. The normalized spacial score (nSPS) is 14.9. The number of aryl methyl sites for hydroxylation is 1. The third-order valence-corrected chi connectivity index (χ3v) is 6.37. The molecule has 0 saturated carbocycles. The highest BCUT2D eigenvalue weighted by Gasteiger charge is 2.08. The average molecular weight is 425 g/mol. The number of fused-ring (bicyclic) bond motifs is 1. The van der Waals surface area contributed by atoms with Gasteiger partial charge >= 0.3 is 0 Å². The molecule has 0 atom stereocenters. The zero-order valence-electron chi connectivity index (χ0n) is 17.5. The van der Waals surface area contributed by atoms with E-state index in [1.807, 2.05) is 0 Å². The maximum absolute atomic E-state index is 5.90.